The average Bonchev–Trinajstić information content (AvgIpc) is 3.18. The number of methoxy groups -OCH3 is 1. The van der Waals surface area contributed by atoms with Crippen molar-refractivity contribution in [2.75, 3.05) is 13.7 Å². The number of aryl methyl sites for hydroxylation is 1. The maximum absolute atomic E-state index is 13.1. The second-order valence-corrected chi connectivity index (χ2v) is 6.71. The summed E-state index contributed by atoms with van der Waals surface area (Å²) in [5.74, 6) is -0.166. The molecule has 6 heteroatoms. The van der Waals surface area contributed by atoms with E-state index in [1.165, 1.54) is 0 Å². The SMILES string of the molecule is COc1ccc(-n2c(C)cc(C(=O)N3CCCC3CC(=O)O)c2C)cc1. The summed E-state index contributed by atoms with van der Waals surface area (Å²) in [7, 11) is 1.63. The molecule has 138 valence electrons. The Balaban J connectivity index is 1.91. The van der Waals surface area contributed by atoms with Crippen molar-refractivity contribution in [2.24, 2.45) is 0 Å². The molecule has 2 aromatic rings. The fourth-order valence-electron chi connectivity index (χ4n) is 3.78. The van der Waals surface area contributed by atoms with Crippen LogP contribution in [0.25, 0.3) is 5.69 Å². The number of nitrogens with zero attached hydrogens (tertiary/aromatic N) is 2. The first kappa shape index (κ1) is 18.0. The van der Waals surface area contributed by atoms with Crippen molar-refractivity contribution < 1.29 is 19.4 Å². The molecule has 1 unspecified atom stereocenters. The smallest absolute Gasteiger partial charge is 0.305 e. The van der Waals surface area contributed by atoms with Crippen LogP contribution in [-0.4, -0.2) is 46.1 Å². The fourth-order valence-corrected chi connectivity index (χ4v) is 3.78. The van der Waals surface area contributed by atoms with Crippen LogP contribution in [0.2, 0.25) is 0 Å². The number of likely N-dealkylation sites (tertiary alicyclic amines) is 1. The lowest BCUT2D eigenvalue weighted by Gasteiger charge is -2.23. The van der Waals surface area contributed by atoms with E-state index in [4.69, 9.17) is 9.84 Å². The zero-order valence-electron chi connectivity index (χ0n) is 15.4. The van der Waals surface area contributed by atoms with E-state index < -0.39 is 5.97 Å². The van der Waals surface area contributed by atoms with E-state index in [1.807, 2.05) is 48.7 Å². The van der Waals surface area contributed by atoms with Crippen LogP contribution in [0.3, 0.4) is 0 Å². The van der Waals surface area contributed by atoms with Gasteiger partial charge in [-0.05, 0) is 57.0 Å². The van der Waals surface area contributed by atoms with Gasteiger partial charge in [-0.25, -0.2) is 0 Å². The van der Waals surface area contributed by atoms with Crippen LogP contribution in [0.4, 0.5) is 0 Å². The topological polar surface area (TPSA) is 71.8 Å². The summed E-state index contributed by atoms with van der Waals surface area (Å²) < 4.78 is 7.24. The number of hydrogen-bond donors (Lipinski definition) is 1. The summed E-state index contributed by atoms with van der Waals surface area (Å²) in [5.41, 5.74) is 3.42. The maximum atomic E-state index is 13.1. The Labute approximate surface area is 153 Å². The van der Waals surface area contributed by atoms with Crippen molar-refractivity contribution in [3.8, 4) is 11.4 Å². The quantitative estimate of drug-likeness (QED) is 0.893. The van der Waals surface area contributed by atoms with E-state index in [1.54, 1.807) is 12.0 Å². The van der Waals surface area contributed by atoms with Gasteiger partial charge in [0.2, 0.25) is 0 Å². The van der Waals surface area contributed by atoms with Gasteiger partial charge in [-0.3, -0.25) is 9.59 Å². The van der Waals surface area contributed by atoms with E-state index in [2.05, 4.69) is 0 Å². The predicted octanol–water partition coefficient (Wildman–Crippen LogP) is 3.18. The summed E-state index contributed by atoms with van der Waals surface area (Å²) in [6.07, 6.45) is 1.60. The van der Waals surface area contributed by atoms with Crippen molar-refractivity contribution in [3.63, 3.8) is 0 Å². The van der Waals surface area contributed by atoms with Crippen molar-refractivity contribution in [2.45, 2.75) is 39.2 Å². The number of carboxylic acids is 1. The molecule has 1 fully saturated rings. The van der Waals surface area contributed by atoms with Gasteiger partial charge >= 0.3 is 5.97 Å². The minimum Gasteiger partial charge on any atom is -0.497 e. The van der Waals surface area contributed by atoms with Crippen molar-refractivity contribution in [1.82, 2.24) is 9.47 Å². The highest BCUT2D eigenvalue weighted by Gasteiger charge is 2.32. The normalized spacial score (nSPS) is 16.7. The van der Waals surface area contributed by atoms with Crippen molar-refractivity contribution in [3.05, 3.63) is 47.3 Å². The summed E-state index contributed by atoms with van der Waals surface area (Å²) in [4.78, 5) is 25.8. The monoisotopic (exact) mass is 356 g/mol. The number of hydrogen-bond acceptors (Lipinski definition) is 3. The van der Waals surface area contributed by atoms with Gasteiger partial charge in [-0.15, -0.1) is 0 Å². The molecule has 0 bridgehead atoms. The van der Waals surface area contributed by atoms with Crippen LogP contribution in [0.15, 0.2) is 30.3 Å². The molecule has 6 nitrogen and oxygen atoms in total. The van der Waals surface area contributed by atoms with Gasteiger partial charge in [0.05, 0.1) is 19.1 Å². The molecule has 1 N–H and O–H groups in total. The molecule has 0 spiro atoms. The Morgan fingerprint density at radius 3 is 2.54 bits per heavy atom. The Morgan fingerprint density at radius 1 is 1.23 bits per heavy atom. The van der Waals surface area contributed by atoms with Crippen LogP contribution in [0, 0.1) is 13.8 Å². The lowest BCUT2D eigenvalue weighted by molar-refractivity contribution is -0.137. The molecular weight excluding hydrogens is 332 g/mol. The number of carboxylic acid groups (broad SMARTS) is 1. The highest BCUT2D eigenvalue weighted by Crippen LogP contribution is 2.27. The lowest BCUT2D eigenvalue weighted by Crippen LogP contribution is -2.37. The Hall–Kier alpha value is -2.76. The third kappa shape index (κ3) is 3.31. The van der Waals surface area contributed by atoms with E-state index in [9.17, 15) is 9.59 Å². The number of carbonyl (C=O) groups is 2. The van der Waals surface area contributed by atoms with E-state index in [0.717, 1.165) is 35.7 Å². The van der Waals surface area contributed by atoms with Crippen LogP contribution in [-0.2, 0) is 4.79 Å². The Bertz CT molecular complexity index is 823. The maximum Gasteiger partial charge on any atom is 0.305 e. The average molecular weight is 356 g/mol. The number of amides is 1. The number of aliphatic carboxylic acids is 1. The lowest BCUT2D eigenvalue weighted by atomic mass is 10.1. The zero-order chi connectivity index (χ0) is 18.8. The van der Waals surface area contributed by atoms with Crippen molar-refractivity contribution >= 4 is 11.9 Å². The van der Waals surface area contributed by atoms with Gasteiger partial charge in [0.1, 0.15) is 5.75 Å². The third-order valence-electron chi connectivity index (χ3n) is 5.04. The van der Waals surface area contributed by atoms with Gasteiger partial charge in [0.25, 0.3) is 5.91 Å². The first-order valence-electron chi connectivity index (χ1n) is 8.78. The second kappa shape index (κ2) is 7.23. The van der Waals surface area contributed by atoms with Crippen LogP contribution in [0.1, 0.15) is 41.0 Å². The minimum absolute atomic E-state index is 0.00293. The molecule has 1 atom stereocenters. The van der Waals surface area contributed by atoms with Gasteiger partial charge in [-0.2, -0.15) is 0 Å². The molecule has 1 aliphatic rings. The number of carbonyl (C=O) groups excluding carboxylic acids is 1. The molecule has 3 rings (SSSR count). The fraction of sp³-hybridized carbons (Fsp3) is 0.400. The highest BCUT2D eigenvalue weighted by atomic mass is 16.5. The van der Waals surface area contributed by atoms with Gasteiger partial charge in [0.15, 0.2) is 0 Å². The summed E-state index contributed by atoms with van der Waals surface area (Å²) in [5, 5.41) is 9.09. The van der Waals surface area contributed by atoms with Crippen LogP contribution >= 0.6 is 0 Å². The predicted molar refractivity (Wildman–Crippen MR) is 98.1 cm³/mol. The van der Waals surface area contributed by atoms with E-state index >= 15 is 0 Å². The number of aromatic nitrogens is 1. The number of ether oxygens (including phenoxy) is 1. The van der Waals surface area contributed by atoms with Gasteiger partial charge < -0.3 is 19.3 Å². The number of rotatable bonds is 5. The standard InChI is InChI=1S/C20H24N2O4/c1-13-11-18(20(25)21-10-4-5-16(21)12-19(23)24)14(2)22(13)15-6-8-17(26-3)9-7-15/h6-9,11,16H,4-5,10,12H2,1-3H3,(H,23,24). The Kier molecular flexibility index (Phi) is 5.02. The van der Waals surface area contributed by atoms with E-state index in [0.29, 0.717) is 12.1 Å². The highest BCUT2D eigenvalue weighted by molar-refractivity contribution is 5.96. The summed E-state index contributed by atoms with van der Waals surface area (Å²) in [6.45, 7) is 4.50. The molecular formula is C20H24N2O4. The van der Waals surface area contributed by atoms with Crippen LogP contribution in [0.5, 0.6) is 5.75 Å². The molecule has 1 saturated heterocycles. The summed E-state index contributed by atoms with van der Waals surface area (Å²) >= 11 is 0. The first-order valence-corrected chi connectivity index (χ1v) is 8.78. The molecule has 1 aliphatic heterocycles. The van der Waals surface area contributed by atoms with E-state index in [-0.39, 0.29) is 18.4 Å². The first-order chi connectivity index (χ1) is 12.4. The van der Waals surface area contributed by atoms with Crippen LogP contribution < -0.4 is 4.74 Å². The summed E-state index contributed by atoms with van der Waals surface area (Å²) in [6, 6.07) is 9.35. The largest absolute Gasteiger partial charge is 0.497 e. The number of benzene rings is 1. The van der Waals surface area contributed by atoms with Crippen molar-refractivity contribution in [1.29, 1.82) is 0 Å². The van der Waals surface area contributed by atoms with Gasteiger partial charge in [-0.1, -0.05) is 0 Å². The molecule has 26 heavy (non-hydrogen) atoms. The zero-order valence-corrected chi connectivity index (χ0v) is 15.4. The molecule has 0 radical (unpaired) electrons. The van der Waals surface area contributed by atoms with Gasteiger partial charge in [0, 0.05) is 29.7 Å². The molecule has 1 amide bonds. The third-order valence-corrected chi connectivity index (χ3v) is 5.04. The molecule has 1 aromatic carbocycles. The second-order valence-electron chi connectivity index (χ2n) is 6.71. The Morgan fingerprint density at radius 2 is 1.92 bits per heavy atom. The molecule has 0 saturated carbocycles. The molecule has 0 aliphatic carbocycles. The minimum atomic E-state index is -0.863. The molecule has 2 heterocycles. The molecule has 1 aromatic heterocycles.